The van der Waals surface area contributed by atoms with Gasteiger partial charge in [-0.25, -0.2) is 4.98 Å². The maximum absolute atomic E-state index is 5.90. The Hall–Kier alpha value is -3.21. The molecule has 2 heterocycles. The molecular formula is C18H14N4O. The summed E-state index contributed by atoms with van der Waals surface area (Å²) in [6.07, 6.45) is 1.72. The quantitative estimate of drug-likeness (QED) is 0.625. The number of H-pyrrole nitrogens is 1. The van der Waals surface area contributed by atoms with Gasteiger partial charge in [0.25, 0.3) is 0 Å². The van der Waals surface area contributed by atoms with Gasteiger partial charge < -0.3 is 4.74 Å². The third-order valence-corrected chi connectivity index (χ3v) is 3.54. The van der Waals surface area contributed by atoms with Gasteiger partial charge in [0.1, 0.15) is 18.1 Å². The topological polar surface area (TPSA) is 63.7 Å². The van der Waals surface area contributed by atoms with Gasteiger partial charge in [0.2, 0.25) is 0 Å². The number of nitrogens with one attached hydrogen (secondary N) is 1. The van der Waals surface area contributed by atoms with Gasteiger partial charge in [-0.1, -0.05) is 42.5 Å². The molecule has 0 aliphatic heterocycles. The first-order chi connectivity index (χ1) is 11.4. The molecule has 0 radical (unpaired) electrons. The molecule has 0 unspecified atom stereocenters. The lowest BCUT2D eigenvalue weighted by molar-refractivity contribution is 0.300. The Balaban J connectivity index is 1.54. The summed E-state index contributed by atoms with van der Waals surface area (Å²) < 4.78 is 5.90. The Bertz CT molecular complexity index is 929. The van der Waals surface area contributed by atoms with Crippen LogP contribution in [0.5, 0.6) is 5.75 Å². The van der Waals surface area contributed by atoms with E-state index < -0.39 is 0 Å². The molecule has 0 amide bonds. The van der Waals surface area contributed by atoms with Crippen LogP contribution in [0.4, 0.5) is 0 Å². The number of fused-ring (bicyclic) bond motifs is 1. The molecular weight excluding hydrogens is 288 g/mol. The zero-order valence-corrected chi connectivity index (χ0v) is 12.3. The number of aromatic nitrogens is 4. The highest BCUT2D eigenvalue weighted by Gasteiger charge is 2.08. The van der Waals surface area contributed by atoms with Crippen LogP contribution >= 0.6 is 0 Å². The van der Waals surface area contributed by atoms with E-state index in [0.29, 0.717) is 18.3 Å². The lowest BCUT2D eigenvalue weighted by atomic mass is 10.1. The Morgan fingerprint density at radius 1 is 0.913 bits per heavy atom. The SMILES string of the molecule is c1ccc(-c2n[nH]c(COc3cccc4ccccc34)n2)nc1. The molecule has 5 heteroatoms. The summed E-state index contributed by atoms with van der Waals surface area (Å²) in [7, 11) is 0. The van der Waals surface area contributed by atoms with Gasteiger partial charge in [0.15, 0.2) is 11.6 Å². The molecule has 0 fully saturated rings. The number of pyridine rings is 1. The van der Waals surface area contributed by atoms with Gasteiger partial charge in [-0.3, -0.25) is 10.1 Å². The van der Waals surface area contributed by atoms with E-state index in [1.165, 1.54) is 0 Å². The molecule has 5 nitrogen and oxygen atoms in total. The van der Waals surface area contributed by atoms with E-state index >= 15 is 0 Å². The molecule has 2 aromatic heterocycles. The number of ether oxygens (including phenoxy) is 1. The van der Waals surface area contributed by atoms with Crippen molar-refractivity contribution in [1.82, 2.24) is 20.2 Å². The minimum Gasteiger partial charge on any atom is -0.485 e. The Kier molecular flexibility index (Phi) is 3.44. The standard InChI is InChI=1S/C18H14N4O/c1-2-8-14-13(6-1)7-5-10-16(14)23-12-17-20-18(22-21-17)15-9-3-4-11-19-15/h1-11H,12H2,(H,20,21,22). The lowest BCUT2D eigenvalue weighted by Crippen LogP contribution is -1.98. The fourth-order valence-corrected chi connectivity index (χ4v) is 2.44. The zero-order chi connectivity index (χ0) is 15.5. The van der Waals surface area contributed by atoms with Crippen molar-refractivity contribution in [2.45, 2.75) is 6.61 Å². The van der Waals surface area contributed by atoms with E-state index in [0.717, 1.165) is 22.2 Å². The molecule has 1 N–H and O–H groups in total. The van der Waals surface area contributed by atoms with Crippen molar-refractivity contribution in [3.05, 3.63) is 72.7 Å². The van der Waals surface area contributed by atoms with Crippen LogP contribution < -0.4 is 4.74 Å². The summed E-state index contributed by atoms with van der Waals surface area (Å²) in [5.74, 6) is 2.07. The second kappa shape index (κ2) is 5.88. The Morgan fingerprint density at radius 3 is 2.70 bits per heavy atom. The van der Waals surface area contributed by atoms with Crippen LogP contribution in [0.1, 0.15) is 5.82 Å². The summed E-state index contributed by atoms with van der Waals surface area (Å²) in [5, 5.41) is 9.31. The fraction of sp³-hybridized carbons (Fsp3) is 0.0556. The third kappa shape index (κ3) is 2.76. The van der Waals surface area contributed by atoms with Crippen molar-refractivity contribution in [3.8, 4) is 17.3 Å². The molecule has 0 aliphatic rings. The molecule has 0 atom stereocenters. The Labute approximate surface area is 133 Å². The highest BCUT2D eigenvalue weighted by molar-refractivity contribution is 5.88. The van der Waals surface area contributed by atoms with Crippen LogP contribution in [-0.2, 0) is 6.61 Å². The van der Waals surface area contributed by atoms with E-state index in [-0.39, 0.29) is 0 Å². The first-order valence-corrected chi connectivity index (χ1v) is 7.33. The van der Waals surface area contributed by atoms with Crippen LogP contribution in [0.25, 0.3) is 22.3 Å². The minimum atomic E-state index is 0.327. The highest BCUT2D eigenvalue weighted by Crippen LogP contribution is 2.25. The first-order valence-electron chi connectivity index (χ1n) is 7.33. The van der Waals surface area contributed by atoms with Crippen molar-refractivity contribution in [2.24, 2.45) is 0 Å². The largest absolute Gasteiger partial charge is 0.485 e. The normalized spacial score (nSPS) is 10.8. The van der Waals surface area contributed by atoms with Crippen molar-refractivity contribution < 1.29 is 4.74 Å². The maximum Gasteiger partial charge on any atom is 0.199 e. The number of rotatable bonds is 4. The summed E-state index contributed by atoms with van der Waals surface area (Å²) >= 11 is 0. The van der Waals surface area contributed by atoms with E-state index in [1.54, 1.807) is 6.20 Å². The fourth-order valence-electron chi connectivity index (χ4n) is 2.44. The molecule has 23 heavy (non-hydrogen) atoms. The average Bonchev–Trinajstić information content (AvgIpc) is 3.10. The van der Waals surface area contributed by atoms with Gasteiger partial charge in [-0.2, -0.15) is 5.10 Å². The summed E-state index contributed by atoms with van der Waals surface area (Å²) in [4.78, 5) is 8.66. The van der Waals surface area contributed by atoms with Gasteiger partial charge in [-0.05, 0) is 23.6 Å². The molecule has 112 valence electrons. The van der Waals surface area contributed by atoms with E-state index in [9.17, 15) is 0 Å². The van der Waals surface area contributed by atoms with Crippen LogP contribution in [0.15, 0.2) is 66.9 Å². The van der Waals surface area contributed by atoms with Crippen molar-refractivity contribution in [2.75, 3.05) is 0 Å². The van der Waals surface area contributed by atoms with Crippen LogP contribution in [0.2, 0.25) is 0 Å². The third-order valence-electron chi connectivity index (χ3n) is 3.54. The van der Waals surface area contributed by atoms with Gasteiger partial charge in [0.05, 0.1) is 0 Å². The molecule has 0 aliphatic carbocycles. The first kappa shape index (κ1) is 13.5. The monoisotopic (exact) mass is 302 g/mol. The predicted molar refractivity (Wildman–Crippen MR) is 87.9 cm³/mol. The van der Waals surface area contributed by atoms with Crippen molar-refractivity contribution >= 4 is 10.8 Å². The van der Waals surface area contributed by atoms with E-state index in [2.05, 4.69) is 32.3 Å². The van der Waals surface area contributed by atoms with Gasteiger partial charge >= 0.3 is 0 Å². The van der Waals surface area contributed by atoms with Crippen molar-refractivity contribution in [3.63, 3.8) is 0 Å². The Morgan fingerprint density at radius 2 is 1.78 bits per heavy atom. The number of nitrogens with zero attached hydrogens (tertiary/aromatic N) is 3. The van der Waals surface area contributed by atoms with Gasteiger partial charge in [-0.15, -0.1) is 0 Å². The molecule has 2 aromatic carbocycles. The molecule has 4 rings (SSSR count). The lowest BCUT2D eigenvalue weighted by Gasteiger charge is -2.07. The van der Waals surface area contributed by atoms with E-state index in [1.807, 2.05) is 48.5 Å². The number of hydrogen-bond donors (Lipinski definition) is 1. The molecule has 0 saturated heterocycles. The summed E-state index contributed by atoms with van der Waals surface area (Å²) in [6.45, 7) is 0.327. The second-order valence-electron chi connectivity index (χ2n) is 5.09. The molecule has 4 aromatic rings. The molecule has 0 bridgehead atoms. The van der Waals surface area contributed by atoms with Crippen molar-refractivity contribution in [1.29, 1.82) is 0 Å². The predicted octanol–water partition coefficient (Wildman–Crippen LogP) is 3.60. The number of benzene rings is 2. The molecule has 0 spiro atoms. The summed E-state index contributed by atoms with van der Waals surface area (Å²) in [6, 6.07) is 19.8. The zero-order valence-electron chi connectivity index (χ0n) is 12.3. The average molecular weight is 302 g/mol. The second-order valence-corrected chi connectivity index (χ2v) is 5.09. The summed E-state index contributed by atoms with van der Waals surface area (Å²) in [5.41, 5.74) is 0.736. The number of aromatic amines is 1. The van der Waals surface area contributed by atoms with Crippen LogP contribution in [0.3, 0.4) is 0 Å². The smallest absolute Gasteiger partial charge is 0.199 e. The molecule has 0 saturated carbocycles. The van der Waals surface area contributed by atoms with Gasteiger partial charge in [0, 0.05) is 11.6 Å². The minimum absolute atomic E-state index is 0.327. The maximum atomic E-state index is 5.90. The van der Waals surface area contributed by atoms with Crippen LogP contribution in [0, 0.1) is 0 Å². The number of hydrogen-bond acceptors (Lipinski definition) is 4. The van der Waals surface area contributed by atoms with Crippen LogP contribution in [-0.4, -0.2) is 20.2 Å². The highest BCUT2D eigenvalue weighted by atomic mass is 16.5. The van der Waals surface area contributed by atoms with E-state index in [4.69, 9.17) is 4.74 Å².